The summed E-state index contributed by atoms with van der Waals surface area (Å²) in [5.41, 5.74) is 0. The molecule has 0 aliphatic rings. The van der Waals surface area contributed by atoms with Crippen LogP contribution in [-0.4, -0.2) is 38.3 Å². The van der Waals surface area contributed by atoms with Crippen LogP contribution in [0.15, 0.2) is 18.3 Å². The summed E-state index contributed by atoms with van der Waals surface area (Å²) in [5, 5.41) is 6.25. The molecule has 15 heavy (non-hydrogen) atoms. The molecule has 0 spiro atoms. The summed E-state index contributed by atoms with van der Waals surface area (Å²) in [7, 11) is 1.67. The zero-order chi connectivity index (χ0) is 10.9. The van der Waals surface area contributed by atoms with Crippen molar-refractivity contribution in [1.29, 1.82) is 0 Å². The van der Waals surface area contributed by atoms with E-state index in [0.717, 1.165) is 19.6 Å². The monoisotopic (exact) mass is 213 g/mol. The number of pyridine rings is 1. The van der Waals surface area contributed by atoms with Crippen LogP contribution < -0.4 is 10.6 Å². The average molecular weight is 213 g/mol. The fraction of sp³-hybridized carbons (Fsp3) is 0.500. The number of aromatic nitrogens is 1. The summed E-state index contributed by atoms with van der Waals surface area (Å²) >= 11 is 0. The van der Waals surface area contributed by atoms with Crippen molar-refractivity contribution < 1.29 is 9.13 Å². The van der Waals surface area contributed by atoms with E-state index in [9.17, 15) is 4.39 Å². The van der Waals surface area contributed by atoms with Crippen LogP contribution in [0.3, 0.4) is 0 Å². The van der Waals surface area contributed by atoms with Crippen LogP contribution in [0.5, 0.6) is 0 Å². The van der Waals surface area contributed by atoms with Gasteiger partial charge in [0.15, 0.2) is 0 Å². The summed E-state index contributed by atoms with van der Waals surface area (Å²) in [6.07, 6.45) is 1.20. The molecule has 0 amide bonds. The minimum Gasteiger partial charge on any atom is -0.383 e. The highest BCUT2D eigenvalue weighted by Gasteiger charge is 1.93. The third kappa shape index (κ3) is 5.29. The van der Waals surface area contributed by atoms with Gasteiger partial charge in [0.05, 0.1) is 12.8 Å². The third-order valence-corrected chi connectivity index (χ3v) is 1.82. The van der Waals surface area contributed by atoms with Gasteiger partial charge in [0.1, 0.15) is 11.6 Å². The van der Waals surface area contributed by atoms with Crippen LogP contribution in [0.2, 0.25) is 0 Å². The molecule has 4 nitrogen and oxygen atoms in total. The highest BCUT2D eigenvalue weighted by molar-refractivity contribution is 5.33. The number of hydrogen-bond donors (Lipinski definition) is 2. The normalized spacial score (nSPS) is 10.3. The Morgan fingerprint density at radius 2 is 2.20 bits per heavy atom. The maximum absolute atomic E-state index is 12.5. The summed E-state index contributed by atoms with van der Waals surface area (Å²) in [5.74, 6) is 0.365. The largest absolute Gasteiger partial charge is 0.383 e. The first-order valence-electron chi connectivity index (χ1n) is 4.88. The third-order valence-electron chi connectivity index (χ3n) is 1.82. The average Bonchev–Trinajstić information content (AvgIpc) is 2.26. The number of halogens is 1. The maximum Gasteiger partial charge on any atom is 0.141 e. The first kappa shape index (κ1) is 11.9. The molecule has 0 unspecified atom stereocenters. The fourth-order valence-corrected chi connectivity index (χ4v) is 1.06. The molecule has 0 bridgehead atoms. The lowest BCUT2D eigenvalue weighted by Gasteiger charge is -2.06. The van der Waals surface area contributed by atoms with Crippen LogP contribution in [0, 0.1) is 5.82 Å². The maximum atomic E-state index is 12.5. The van der Waals surface area contributed by atoms with Crippen LogP contribution in [0.4, 0.5) is 10.2 Å². The van der Waals surface area contributed by atoms with Crippen molar-refractivity contribution in [2.45, 2.75) is 0 Å². The van der Waals surface area contributed by atoms with Gasteiger partial charge < -0.3 is 15.4 Å². The molecule has 0 fully saturated rings. The molecule has 0 aliphatic carbocycles. The molecule has 0 aromatic carbocycles. The van der Waals surface area contributed by atoms with Gasteiger partial charge in [-0.25, -0.2) is 9.37 Å². The Hall–Kier alpha value is -1.20. The zero-order valence-corrected chi connectivity index (χ0v) is 8.79. The molecular formula is C10H16FN3O. The van der Waals surface area contributed by atoms with Gasteiger partial charge in [-0.2, -0.15) is 0 Å². The molecule has 0 saturated heterocycles. The SMILES string of the molecule is COCCNCCNc1ccc(F)cn1. The van der Waals surface area contributed by atoms with Gasteiger partial charge in [0.2, 0.25) is 0 Å². The Labute approximate surface area is 88.9 Å². The second kappa shape index (κ2) is 7.14. The summed E-state index contributed by atoms with van der Waals surface area (Å²) < 4.78 is 17.4. The summed E-state index contributed by atoms with van der Waals surface area (Å²) in [6.45, 7) is 3.11. The van der Waals surface area contributed by atoms with E-state index in [1.54, 1.807) is 13.2 Å². The lowest BCUT2D eigenvalue weighted by molar-refractivity contribution is 0.200. The predicted octanol–water partition coefficient (Wildman–Crippen LogP) is 0.869. The predicted molar refractivity (Wildman–Crippen MR) is 57.4 cm³/mol. The Bertz CT molecular complexity index is 266. The van der Waals surface area contributed by atoms with Crippen molar-refractivity contribution >= 4 is 5.82 Å². The second-order valence-corrected chi connectivity index (χ2v) is 3.03. The quantitative estimate of drug-likeness (QED) is 0.660. The van der Waals surface area contributed by atoms with E-state index in [0.29, 0.717) is 12.4 Å². The molecule has 1 aromatic rings. The number of rotatable bonds is 7. The molecular weight excluding hydrogens is 197 g/mol. The second-order valence-electron chi connectivity index (χ2n) is 3.03. The lowest BCUT2D eigenvalue weighted by Crippen LogP contribution is -2.25. The van der Waals surface area contributed by atoms with E-state index < -0.39 is 0 Å². The molecule has 0 aliphatic heterocycles. The highest BCUT2D eigenvalue weighted by Crippen LogP contribution is 2.01. The smallest absolute Gasteiger partial charge is 0.141 e. The fourth-order valence-electron chi connectivity index (χ4n) is 1.06. The van der Waals surface area contributed by atoms with Gasteiger partial charge in [-0.3, -0.25) is 0 Å². The van der Waals surface area contributed by atoms with E-state index in [4.69, 9.17) is 4.74 Å². The topological polar surface area (TPSA) is 46.2 Å². The van der Waals surface area contributed by atoms with Crippen molar-refractivity contribution in [3.8, 4) is 0 Å². The van der Waals surface area contributed by atoms with Gasteiger partial charge in [-0.05, 0) is 12.1 Å². The van der Waals surface area contributed by atoms with Crippen molar-refractivity contribution in [2.75, 3.05) is 38.7 Å². The van der Waals surface area contributed by atoms with E-state index in [-0.39, 0.29) is 5.82 Å². The molecule has 0 radical (unpaired) electrons. The summed E-state index contributed by atoms with van der Waals surface area (Å²) in [6, 6.07) is 3.00. The first-order valence-corrected chi connectivity index (χ1v) is 4.88. The first-order chi connectivity index (χ1) is 7.33. The van der Waals surface area contributed by atoms with Gasteiger partial charge in [-0.15, -0.1) is 0 Å². The Morgan fingerprint density at radius 1 is 1.33 bits per heavy atom. The van der Waals surface area contributed by atoms with Gasteiger partial charge in [-0.1, -0.05) is 0 Å². The molecule has 1 heterocycles. The number of hydrogen-bond acceptors (Lipinski definition) is 4. The molecule has 5 heteroatoms. The van der Waals surface area contributed by atoms with Crippen molar-refractivity contribution in [1.82, 2.24) is 10.3 Å². The number of nitrogens with one attached hydrogen (secondary N) is 2. The van der Waals surface area contributed by atoms with E-state index in [2.05, 4.69) is 15.6 Å². The minimum atomic E-state index is -0.321. The van der Waals surface area contributed by atoms with Gasteiger partial charge in [0.25, 0.3) is 0 Å². The Balaban J connectivity index is 2.07. The standard InChI is InChI=1S/C10H16FN3O/c1-15-7-6-12-4-5-13-10-3-2-9(11)8-14-10/h2-3,8,12H,4-7H2,1H3,(H,13,14). The van der Waals surface area contributed by atoms with Gasteiger partial charge >= 0.3 is 0 Å². The molecule has 0 saturated carbocycles. The molecule has 0 atom stereocenters. The number of ether oxygens (including phenoxy) is 1. The van der Waals surface area contributed by atoms with E-state index in [1.165, 1.54) is 12.3 Å². The minimum absolute atomic E-state index is 0.321. The Morgan fingerprint density at radius 3 is 2.87 bits per heavy atom. The number of anilines is 1. The van der Waals surface area contributed by atoms with Crippen molar-refractivity contribution in [3.05, 3.63) is 24.1 Å². The van der Waals surface area contributed by atoms with Crippen molar-refractivity contribution in [3.63, 3.8) is 0 Å². The molecule has 1 aromatic heterocycles. The lowest BCUT2D eigenvalue weighted by atomic mass is 10.4. The highest BCUT2D eigenvalue weighted by atomic mass is 19.1. The van der Waals surface area contributed by atoms with E-state index >= 15 is 0 Å². The van der Waals surface area contributed by atoms with Gasteiger partial charge in [0, 0.05) is 26.7 Å². The zero-order valence-electron chi connectivity index (χ0n) is 8.79. The summed E-state index contributed by atoms with van der Waals surface area (Å²) in [4.78, 5) is 3.87. The Kier molecular flexibility index (Phi) is 5.65. The molecule has 84 valence electrons. The molecule has 2 N–H and O–H groups in total. The number of methoxy groups -OCH3 is 1. The van der Waals surface area contributed by atoms with Crippen molar-refractivity contribution in [2.24, 2.45) is 0 Å². The van der Waals surface area contributed by atoms with E-state index in [1.807, 2.05) is 0 Å². The van der Waals surface area contributed by atoms with Crippen LogP contribution in [-0.2, 0) is 4.74 Å². The van der Waals surface area contributed by atoms with Crippen LogP contribution in [0.25, 0.3) is 0 Å². The van der Waals surface area contributed by atoms with Crippen LogP contribution in [0.1, 0.15) is 0 Å². The van der Waals surface area contributed by atoms with Crippen LogP contribution >= 0.6 is 0 Å². The number of nitrogens with zero attached hydrogens (tertiary/aromatic N) is 1. The molecule has 1 rings (SSSR count).